The second-order valence-corrected chi connectivity index (χ2v) is 7.60. The van der Waals surface area contributed by atoms with E-state index >= 15 is 0 Å². The van der Waals surface area contributed by atoms with Crippen molar-refractivity contribution in [2.75, 3.05) is 18.0 Å². The Morgan fingerprint density at radius 1 is 1.26 bits per heavy atom. The lowest BCUT2D eigenvalue weighted by Crippen LogP contribution is -2.34. The first-order valence-corrected chi connectivity index (χ1v) is 10.1. The number of rotatable bonds is 6. The minimum absolute atomic E-state index is 0.100. The summed E-state index contributed by atoms with van der Waals surface area (Å²) in [7, 11) is 0. The van der Waals surface area contributed by atoms with Crippen LogP contribution in [0.25, 0.3) is 11.5 Å². The second kappa shape index (κ2) is 8.95. The molecule has 2 heterocycles. The first-order valence-electron chi connectivity index (χ1n) is 10.1. The zero-order valence-corrected chi connectivity index (χ0v) is 17.1. The molecule has 160 valence electrons. The van der Waals surface area contributed by atoms with Gasteiger partial charge < -0.3 is 14.1 Å². The Bertz CT molecular complexity index is 1080. The van der Waals surface area contributed by atoms with Crippen LogP contribution in [0.1, 0.15) is 36.0 Å². The minimum Gasteiger partial charge on any atom is -0.452 e. The van der Waals surface area contributed by atoms with Crippen LogP contribution < -0.4 is 4.90 Å². The Kier molecular flexibility index (Phi) is 5.92. The normalized spacial score (nSPS) is 16.2. The van der Waals surface area contributed by atoms with Crippen LogP contribution in [0, 0.1) is 16.0 Å². The van der Waals surface area contributed by atoms with Gasteiger partial charge in [-0.15, -0.1) is 10.2 Å². The summed E-state index contributed by atoms with van der Waals surface area (Å²) in [5, 5.41) is 19.4. The summed E-state index contributed by atoms with van der Waals surface area (Å²) in [6, 6.07) is 13.7. The van der Waals surface area contributed by atoms with Gasteiger partial charge >= 0.3 is 5.97 Å². The number of carbonyl (C=O) groups is 1. The molecule has 0 saturated carbocycles. The lowest BCUT2D eigenvalue weighted by Gasteiger charge is -2.32. The van der Waals surface area contributed by atoms with Crippen molar-refractivity contribution in [1.82, 2.24) is 10.2 Å². The molecule has 0 radical (unpaired) electrons. The highest BCUT2D eigenvalue weighted by atomic mass is 16.6. The van der Waals surface area contributed by atoms with E-state index < -0.39 is 10.9 Å². The van der Waals surface area contributed by atoms with Crippen molar-refractivity contribution in [3.8, 4) is 11.5 Å². The Labute approximate surface area is 178 Å². The van der Waals surface area contributed by atoms with Crippen molar-refractivity contribution in [1.29, 1.82) is 0 Å². The van der Waals surface area contributed by atoms with Crippen molar-refractivity contribution >= 4 is 17.3 Å². The summed E-state index contributed by atoms with van der Waals surface area (Å²) in [5.74, 6) is 0.234. The highest BCUT2D eigenvalue weighted by Crippen LogP contribution is 2.32. The number of piperidine rings is 1. The van der Waals surface area contributed by atoms with E-state index in [1.807, 2.05) is 35.2 Å². The monoisotopic (exact) mass is 422 g/mol. The van der Waals surface area contributed by atoms with Gasteiger partial charge in [-0.05, 0) is 43.0 Å². The molecule has 3 aromatic rings. The molecule has 9 heteroatoms. The lowest BCUT2D eigenvalue weighted by molar-refractivity contribution is -0.384. The fraction of sp³-hybridized carbons (Fsp3) is 0.318. The third-order valence-corrected chi connectivity index (χ3v) is 5.22. The SMILES string of the molecule is C[C@H]1CCCN(c2ccc(C(=O)OCc3nnc(-c4ccccc4)o3)cc2[N+](=O)[O-])C1. The maximum atomic E-state index is 12.5. The van der Waals surface area contributed by atoms with Gasteiger partial charge in [0.2, 0.25) is 5.89 Å². The van der Waals surface area contributed by atoms with E-state index in [0.29, 0.717) is 17.5 Å². The van der Waals surface area contributed by atoms with Crippen molar-refractivity contribution in [2.45, 2.75) is 26.4 Å². The zero-order valence-electron chi connectivity index (χ0n) is 17.1. The Hall–Kier alpha value is -3.75. The quantitative estimate of drug-likeness (QED) is 0.329. The molecule has 0 unspecified atom stereocenters. The van der Waals surface area contributed by atoms with Gasteiger partial charge in [-0.2, -0.15) is 0 Å². The number of nitro benzene ring substituents is 1. The van der Waals surface area contributed by atoms with Gasteiger partial charge in [-0.25, -0.2) is 4.79 Å². The molecule has 31 heavy (non-hydrogen) atoms. The predicted molar refractivity (Wildman–Crippen MR) is 113 cm³/mol. The number of carbonyl (C=O) groups excluding carboxylic acids is 1. The number of benzene rings is 2. The molecular weight excluding hydrogens is 400 g/mol. The Morgan fingerprint density at radius 3 is 2.81 bits per heavy atom. The van der Waals surface area contributed by atoms with Gasteiger partial charge in [-0.1, -0.05) is 25.1 Å². The third-order valence-electron chi connectivity index (χ3n) is 5.22. The van der Waals surface area contributed by atoms with Gasteiger partial charge in [-0.3, -0.25) is 10.1 Å². The first kappa shape index (κ1) is 20.5. The topological polar surface area (TPSA) is 112 Å². The molecule has 0 amide bonds. The third kappa shape index (κ3) is 4.71. The van der Waals surface area contributed by atoms with Crippen molar-refractivity contribution in [3.05, 3.63) is 70.1 Å². The average molecular weight is 422 g/mol. The fourth-order valence-corrected chi connectivity index (χ4v) is 3.69. The molecule has 9 nitrogen and oxygen atoms in total. The standard InChI is InChI=1S/C22H22N4O5/c1-15-6-5-11-25(13-15)18-10-9-17(12-19(18)26(28)29)22(27)30-14-20-23-24-21(31-20)16-7-3-2-4-8-16/h2-4,7-10,12,15H,5-6,11,13-14H2,1H3/t15-/m0/s1. The lowest BCUT2D eigenvalue weighted by atomic mass is 9.99. The van der Waals surface area contributed by atoms with Crippen LogP contribution in [0.5, 0.6) is 0 Å². The fourth-order valence-electron chi connectivity index (χ4n) is 3.69. The summed E-state index contributed by atoms with van der Waals surface area (Å²) >= 11 is 0. The number of hydrogen-bond acceptors (Lipinski definition) is 8. The van der Waals surface area contributed by atoms with E-state index in [2.05, 4.69) is 17.1 Å². The molecule has 0 N–H and O–H groups in total. The zero-order chi connectivity index (χ0) is 21.8. The van der Waals surface area contributed by atoms with Crippen LogP contribution in [-0.4, -0.2) is 34.2 Å². The van der Waals surface area contributed by atoms with Crippen LogP contribution in [0.4, 0.5) is 11.4 Å². The molecule has 2 aromatic carbocycles. The van der Waals surface area contributed by atoms with E-state index in [1.165, 1.54) is 6.07 Å². The number of esters is 1. The molecule has 1 saturated heterocycles. The summed E-state index contributed by atoms with van der Waals surface area (Å²) in [5.41, 5.74) is 1.28. The number of hydrogen-bond donors (Lipinski definition) is 0. The van der Waals surface area contributed by atoms with Gasteiger partial charge in [0.15, 0.2) is 6.61 Å². The molecule has 0 spiro atoms. The van der Waals surface area contributed by atoms with E-state index in [4.69, 9.17) is 9.15 Å². The Morgan fingerprint density at radius 2 is 2.06 bits per heavy atom. The highest BCUT2D eigenvalue weighted by molar-refractivity contribution is 5.91. The maximum Gasteiger partial charge on any atom is 0.338 e. The average Bonchev–Trinajstić information content (AvgIpc) is 3.27. The van der Waals surface area contributed by atoms with E-state index in [1.54, 1.807) is 12.1 Å². The number of anilines is 1. The van der Waals surface area contributed by atoms with Crippen molar-refractivity contribution < 1.29 is 18.9 Å². The molecule has 1 aromatic heterocycles. The largest absolute Gasteiger partial charge is 0.452 e. The summed E-state index contributed by atoms with van der Waals surface area (Å²) in [6.45, 7) is 3.42. The molecule has 4 rings (SSSR count). The summed E-state index contributed by atoms with van der Waals surface area (Å²) in [6.07, 6.45) is 2.09. The van der Waals surface area contributed by atoms with E-state index in [9.17, 15) is 14.9 Å². The minimum atomic E-state index is -0.693. The van der Waals surface area contributed by atoms with Crippen molar-refractivity contribution in [2.24, 2.45) is 5.92 Å². The summed E-state index contributed by atoms with van der Waals surface area (Å²) in [4.78, 5) is 25.6. The summed E-state index contributed by atoms with van der Waals surface area (Å²) < 4.78 is 10.7. The highest BCUT2D eigenvalue weighted by Gasteiger charge is 2.25. The van der Waals surface area contributed by atoms with E-state index in [-0.39, 0.29) is 23.7 Å². The van der Waals surface area contributed by atoms with Crippen LogP contribution in [0.2, 0.25) is 0 Å². The first-order chi connectivity index (χ1) is 15.0. The number of ether oxygens (including phenoxy) is 1. The van der Waals surface area contributed by atoms with Crippen LogP contribution in [0.3, 0.4) is 0 Å². The van der Waals surface area contributed by atoms with Crippen molar-refractivity contribution in [3.63, 3.8) is 0 Å². The van der Waals surface area contributed by atoms with Gasteiger partial charge in [0.05, 0.1) is 10.5 Å². The van der Waals surface area contributed by atoms with Crippen LogP contribution in [0.15, 0.2) is 52.9 Å². The van der Waals surface area contributed by atoms with Gasteiger partial charge in [0.25, 0.3) is 11.6 Å². The number of aromatic nitrogens is 2. The molecule has 1 fully saturated rings. The molecule has 1 atom stereocenters. The molecule has 1 aliphatic rings. The maximum absolute atomic E-state index is 12.5. The van der Waals surface area contributed by atoms with Crippen LogP contribution in [-0.2, 0) is 11.3 Å². The smallest absolute Gasteiger partial charge is 0.338 e. The number of nitro groups is 1. The molecule has 0 aliphatic carbocycles. The number of nitrogens with zero attached hydrogens (tertiary/aromatic N) is 4. The molecule has 1 aliphatic heterocycles. The second-order valence-electron chi connectivity index (χ2n) is 7.60. The van der Waals surface area contributed by atoms with E-state index in [0.717, 1.165) is 31.5 Å². The predicted octanol–water partition coefficient (Wildman–Crippen LogP) is 4.24. The van der Waals surface area contributed by atoms with Gasteiger partial charge in [0, 0.05) is 24.7 Å². The molecule has 0 bridgehead atoms. The van der Waals surface area contributed by atoms with Crippen LogP contribution >= 0.6 is 0 Å². The molecular formula is C22H22N4O5. The van der Waals surface area contributed by atoms with Gasteiger partial charge in [0.1, 0.15) is 5.69 Å². The Balaban J connectivity index is 1.45.